The first kappa shape index (κ1) is 13.2. The summed E-state index contributed by atoms with van der Waals surface area (Å²) in [6, 6.07) is 0.284. The lowest BCUT2D eigenvalue weighted by molar-refractivity contribution is -0.137. The zero-order valence-corrected chi connectivity index (χ0v) is 11.0. The maximum Gasteiger partial charge on any atom is 0.320 e. The van der Waals surface area contributed by atoms with Gasteiger partial charge in [-0.25, -0.2) is 4.79 Å². The molecule has 102 valence electrons. The second-order valence-electron chi connectivity index (χ2n) is 5.53. The first-order valence-corrected chi connectivity index (χ1v) is 6.81. The predicted molar refractivity (Wildman–Crippen MR) is 67.3 cm³/mol. The fourth-order valence-electron chi connectivity index (χ4n) is 2.40. The fourth-order valence-corrected chi connectivity index (χ4v) is 2.40. The summed E-state index contributed by atoms with van der Waals surface area (Å²) in [6.45, 7) is 1.16. The molecule has 18 heavy (non-hydrogen) atoms. The third-order valence-electron chi connectivity index (χ3n) is 3.88. The quantitative estimate of drug-likeness (QED) is 0.786. The highest BCUT2D eigenvalue weighted by atomic mass is 16.4. The molecule has 0 bridgehead atoms. The van der Waals surface area contributed by atoms with Crippen LogP contribution in [-0.2, 0) is 4.79 Å². The van der Waals surface area contributed by atoms with Crippen LogP contribution < -0.4 is 0 Å². The Labute approximate surface area is 108 Å². The van der Waals surface area contributed by atoms with Crippen LogP contribution in [0, 0.1) is 5.92 Å². The monoisotopic (exact) mass is 254 g/mol. The second kappa shape index (κ2) is 5.59. The Morgan fingerprint density at radius 3 is 2.33 bits per heavy atom. The van der Waals surface area contributed by atoms with E-state index in [-0.39, 0.29) is 18.5 Å². The van der Waals surface area contributed by atoms with Crippen LogP contribution in [-0.4, -0.2) is 53.1 Å². The number of nitrogens with zero attached hydrogens (tertiary/aromatic N) is 2. The van der Waals surface area contributed by atoms with Gasteiger partial charge in [0.1, 0.15) is 0 Å². The van der Waals surface area contributed by atoms with Gasteiger partial charge in [-0.15, -0.1) is 0 Å². The molecule has 5 heteroatoms. The van der Waals surface area contributed by atoms with Crippen LogP contribution in [0.4, 0.5) is 4.79 Å². The van der Waals surface area contributed by atoms with Gasteiger partial charge in [0.15, 0.2) is 0 Å². The van der Waals surface area contributed by atoms with Crippen molar-refractivity contribution in [2.24, 2.45) is 5.92 Å². The molecule has 0 aromatic heterocycles. The molecule has 0 atom stereocenters. The van der Waals surface area contributed by atoms with Gasteiger partial charge in [0.25, 0.3) is 0 Å². The summed E-state index contributed by atoms with van der Waals surface area (Å²) < 4.78 is 0. The van der Waals surface area contributed by atoms with Crippen LogP contribution in [0.25, 0.3) is 0 Å². The van der Waals surface area contributed by atoms with E-state index in [4.69, 9.17) is 5.11 Å². The molecule has 5 nitrogen and oxygen atoms in total. The maximum atomic E-state index is 12.3. The molecule has 2 aliphatic rings. The minimum Gasteiger partial charge on any atom is -0.481 e. The fraction of sp³-hybridized carbons (Fsp3) is 0.846. The Balaban J connectivity index is 1.83. The van der Waals surface area contributed by atoms with Crippen molar-refractivity contribution in [1.29, 1.82) is 0 Å². The van der Waals surface area contributed by atoms with Crippen molar-refractivity contribution in [2.45, 2.75) is 44.6 Å². The van der Waals surface area contributed by atoms with Crippen LogP contribution in [0.15, 0.2) is 0 Å². The average Bonchev–Trinajstić information content (AvgIpc) is 3.07. The van der Waals surface area contributed by atoms with E-state index in [1.54, 1.807) is 9.80 Å². The van der Waals surface area contributed by atoms with Gasteiger partial charge in [-0.05, 0) is 31.6 Å². The SMILES string of the molecule is CN(CC1CCC1)C(=O)N(CCC(=O)O)C1CC1. The molecule has 2 fully saturated rings. The molecule has 0 aliphatic heterocycles. The number of urea groups is 1. The third-order valence-corrected chi connectivity index (χ3v) is 3.88. The number of carbonyl (C=O) groups excluding carboxylic acids is 1. The summed E-state index contributed by atoms with van der Waals surface area (Å²) in [4.78, 5) is 26.4. The van der Waals surface area contributed by atoms with E-state index in [0.717, 1.165) is 19.4 Å². The zero-order valence-electron chi connectivity index (χ0n) is 11.0. The van der Waals surface area contributed by atoms with Crippen molar-refractivity contribution >= 4 is 12.0 Å². The van der Waals surface area contributed by atoms with E-state index in [0.29, 0.717) is 12.5 Å². The Morgan fingerprint density at radius 2 is 1.89 bits per heavy atom. The normalized spacial score (nSPS) is 19.2. The predicted octanol–water partition coefficient (Wildman–Crippen LogP) is 1.78. The summed E-state index contributed by atoms with van der Waals surface area (Å²) in [5, 5.41) is 8.73. The summed E-state index contributed by atoms with van der Waals surface area (Å²) in [6.07, 6.45) is 5.79. The van der Waals surface area contributed by atoms with Gasteiger partial charge >= 0.3 is 12.0 Å². The van der Waals surface area contributed by atoms with Crippen molar-refractivity contribution in [3.05, 3.63) is 0 Å². The van der Waals surface area contributed by atoms with Crippen molar-refractivity contribution < 1.29 is 14.7 Å². The van der Waals surface area contributed by atoms with Gasteiger partial charge < -0.3 is 14.9 Å². The smallest absolute Gasteiger partial charge is 0.320 e. The van der Waals surface area contributed by atoms with Gasteiger partial charge in [-0.3, -0.25) is 4.79 Å². The molecular weight excluding hydrogens is 232 g/mol. The molecule has 0 unspecified atom stereocenters. The Kier molecular flexibility index (Phi) is 4.09. The van der Waals surface area contributed by atoms with Gasteiger partial charge in [0, 0.05) is 26.2 Å². The van der Waals surface area contributed by atoms with Crippen molar-refractivity contribution in [3.63, 3.8) is 0 Å². The lowest BCUT2D eigenvalue weighted by Gasteiger charge is -2.33. The average molecular weight is 254 g/mol. The van der Waals surface area contributed by atoms with Crippen LogP contribution in [0.5, 0.6) is 0 Å². The van der Waals surface area contributed by atoms with E-state index in [1.807, 2.05) is 7.05 Å². The van der Waals surface area contributed by atoms with Crippen LogP contribution >= 0.6 is 0 Å². The number of carboxylic acids is 1. The first-order valence-electron chi connectivity index (χ1n) is 6.81. The molecule has 1 N–H and O–H groups in total. The second-order valence-corrected chi connectivity index (χ2v) is 5.53. The summed E-state index contributed by atoms with van der Waals surface area (Å²) >= 11 is 0. The molecule has 0 heterocycles. The number of aliphatic carboxylic acids is 1. The molecule has 0 aromatic rings. The van der Waals surface area contributed by atoms with Crippen molar-refractivity contribution in [1.82, 2.24) is 9.80 Å². The highest BCUT2D eigenvalue weighted by molar-refractivity contribution is 5.76. The number of rotatable bonds is 6. The van der Waals surface area contributed by atoms with Crippen LogP contribution in [0.1, 0.15) is 38.5 Å². The number of carbonyl (C=O) groups is 2. The van der Waals surface area contributed by atoms with E-state index >= 15 is 0 Å². The minimum absolute atomic E-state index is 0.00523. The van der Waals surface area contributed by atoms with E-state index in [9.17, 15) is 9.59 Å². The zero-order chi connectivity index (χ0) is 13.1. The summed E-state index contributed by atoms with van der Waals surface area (Å²) in [5.41, 5.74) is 0. The molecule has 2 saturated carbocycles. The molecule has 2 aliphatic carbocycles. The van der Waals surface area contributed by atoms with Gasteiger partial charge in [0.2, 0.25) is 0 Å². The van der Waals surface area contributed by atoms with Crippen LogP contribution in [0.2, 0.25) is 0 Å². The molecule has 0 spiro atoms. The van der Waals surface area contributed by atoms with Gasteiger partial charge in [0.05, 0.1) is 6.42 Å². The van der Waals surface area contributed by atoms with Gasteiger partial charge in [-0.1, -0.05) is 6.42 Å². The Bertz CT molecular complexity index is 324. The molecular formula is C13H22N2O3. The lowest BCUT2D eigenvalue weighted by Crippen LogP contribution is -2.45. The number of amides is 2. The minimum atomic E-state index is -0.838. The number of hydrogen-bond acceptors (Lipinski definition) is 2. The molecule has 0 saturated heterocycles. The lowest BCUT2D eigenvalue weighted by atomic mass is 9.85. The highest BCUT2D eigenvalue weighted by Crippen LogP contribution is 2.30. The molecule has 0 radical (unpaired) electrons. The summed E-state index contributed by atoms with van der Waals surface area (Å²) in [5.74, 6) is -0.186. The maximum absolute atomic E-state index is 12.3. The largest absolute Gasteiger partial charge is 0.481 e. The topological polar surface area (TPSA) is 60.9 Å². The third kappa shape index (κ3) is 3.37. The van der Waals surface area contributed by atoms with Crippen molar-refractivity contribution in [2.75, 3.05) is 20.1 Å². The summed E-state index contributed by atoms with van der Waals surface area (Å²) in [7, 11) is 1.83. The Morgan fingerprint density at radius 1 is 1.22 bits per heavy atom. The Hall–Kier alpha value is -1.26. The number of hydrogen-bond donors (Lipinski definition) is 1. The molecule has 0 aromatic carbocycles. The van der Waals surface area contributed by atoms with E-state index < -0.39 is 5.97 Å². The van der Waals surface area contributed by atoms with Crippen molar-refractivity contribution in [3.8, 4) is 0 Å². The first-order chi connectivity index (χ1) is 8.58. The molecule has 2 amide bonds. The molecule has 2 rings (SSSR count). The highest BCUT2D eigenvalue weighted by Gasteiger charge is 2.34. The van der Waals surface area contributed by atoms with E-state index in [2.05, 4.69) is 0 Å². The van der Waals surface area contributed by atoms with Crippen LogP contribution in [0.3, 0.4) is 0 Å². The van der Waals surface area contributed by atoms with Gasteiger partial charge in [-0.2, -0.15) is 0 Å². The number of carboxylic acid groups (broad SMARTS) is 1. The standard InChI is InChI=1S/C13H22N2O3/c1-14(9-10-3-2-4-10)13(18)15(11-5-6-11)8-7-12(16)17/h10-11H,2-9H2,1H3,(H,16,17). The van der Waals surface area contributed by atoms with E-state index in [1.165, 1.54) is 19.3 Å².